The molecule has 0 aliphatic carbocycles. The lowest BCUT2D eigenvalue weighted by atomic mass is 10.1. The molecule has 4 aromatic carbocycles. The Labute approximate surface area is 227 Å². The number of rotatable bonds is 10. The molecule has 0 heterocycles. The molecule has 0 aromatic heterocycles. The summed E-state index contributed by atoms with van der Waals surface area (Å²) in [5.41, 5.74) is 3.24. The molecule has 0 atom stereocenters. The van der Waals surface area contributed by atoms with Crippen LogP contribution in [0.3, 0.4) is 0 Å². The predicted octanol–water partition coefficient (Wildman–Crippen LogP) is 7.03. The molecule has 0 aliphatic rings. The average molecular weight is 551 g/mol. The largest absolute Gasteiger partial charge is 0.323 e. The molecule has 37 heavy (non-hydrogen) atoms. The minimum atomic E-state index is -3.96. The second-order valence-electron chi connectivity index (χ2n) is 8.30. The molecule has 0 bridgehead atoms. The van der Waals surface area contributed by atoms with E-state index in [1.165, 1.54) is 12.1 Å². The fourth-order valence-corrected chi connectivity index (χ4v) is 6.22. The summed E-state index contributed by atoms with van der Waals surface area (Å²) in [6.45, 7) is 1.67. The summed E-state index contributed by atoms with van der Waals surface area (Å²) < 4.78 is 28.3. The van der Waals surface area contributed by atoms with E-state index in [0.29, 0.717) is 22.2 Å². The fraction of sp³-hybridized carbons (Fsp3) is 0.138. The molecule has 0 fully saturated rings. The van der Waals surface area contributed by atoms with E-state index in [-0.39, 0.29) is 11.4 Å². The number of halogens is 1. The topological polar surface area (TPSA) is 66.5 Å². The summed E-state index contributed by atoms with van der Waals surface area (Å²) in [5, 5.41) is 3.60. The number of sulfonamides is 1. The number of nitrogens with zero attached hydrogens (tertiary/aromatic N) is 1. The van der Waals surface area contributed by atoms with Gasteiger partial charge in [0.05, 0.1) is 16.3 Å². The lowest BCUT2D eigenvalue weighted by Gasteiger charge is -2.24. The number of nitrogens with one attached hydrogen (secondary N) is 1. The van der Waals surface area contributed by atoms with Crippen molar-refractivity contribution in [1.29, 1.82) is 0 Å². The number of carbonyl (C=O) groups is 1. The van der Waals surface area contributed by atoms with Gasteiger partial charge in [0.15, 0.2) is 0 Å². The summed E-state index contributed by atoms with van der Waals surface area (Å²) in [7, 11) is -3.96. The Morgan fingerprint density at radius 2 is 1.46 bits per heavy atom. The van der Waals surface area contributed by atoms with Crippen molar-refractivity contribution in [2.75, 3.05) is 16.2 Å². The molecule has 190 valence electrons. The third-order valence-corrected chi connectivity index (χ3v) is 8.90. The van der Waals surface area contributed by atoms with E-state index < -0.39 is 15.9 Å². The second kappa shape index (κ2) is 12.3. The fourth-order valence-electron chi connectivity index (χ4n) is 3.69. The lowest BCUT2D eigenvalue weighted by Crippen LogP contribution is -2.38. The van der Waals surface area contributed by atoms with Crippen molar-refractivity contribution in [2.45, 2.75) is 28.9 Å². The van der Waals surface area contributed by atoms with Gasteiger partial charge in [0, 0.05) is 15.7 Å². The van der Waals surface area contributed by atoms with Crippen LogP contribution in [0.1, 0.15) is 18.1 Å². The van der Waals surface area contributed by atoms with Crippen LogP contribution in [-0.4, -0.2) is 20.9 Å². The van der Waals surface area contributed by atoms with Crippen LogP contribution in [-0.2, 0) is 27.0 Å². The predicted molar refractivity (Wildman–Crippen MR) is 153 cm³/mol. The number of thioether (sulfide) groups is 1. The Kier molecular flexibility index (Phi) is 8.92. The Morgan fingerprint density at radius 1 is 0.838 bits per heavy atom. The first-order valence-electron chi connectivity index (χ1n) is 11.8. The van der Waals surface area contributed by atoms with Crippen LogP contribution >= 0.6 is 23.4 Å². The van der Waals surface area contributed by atoms with E-state index in [1.54, 1.807) is 42.1 Å². The Hall–Kier alpha value is -3.26. The van der Waals surface area contributed by atoms with Crippen molar-refractivity contribution >= 4 is 50.7 Å². The summed E-state index contributed by atoms with van der Waals surface area (Å²) in [6, 6.07) is 30.5. The molecule has 4 rings (SSSR count). The number of aryl methyl sites for hydroxylation is 1. The van der Waals surface area contributed by atoms with Crippen molar-refractivity contribution in [3.8, 4) is 0 Å². The second-order valence-corrected chi connectivity index (χ2v) is 11.6. The van der Waals surface area contributed by atoms with Crippen LogP contribution in [0.25, 0.3) is 0 Å². The molecule has 1 amide bonds. The zero-order valence-electron chi connectivity index (χ0n) is 20.3. The Balaban J connectivity index is 1.55. The van der Waals surface area contributed by atoms with Gasteiger partial charge in [0.1, 0.15) is 6.54 Å². The van der Waals surface area contributed by atoms with Gasteiger partial charge in [-0.3, -0.25) is 9.10 Å². The van der Waals surface area contributed by atoms with Crippen LogP contribution < -0.4 is 9.62 Å². The van der Waals surface area contributed by atoms with Crippen LogP contribution in [0.2, 0.25) is 5.02 Å². The Bertz CT molecular complexity index is 1440. The minimum absolute atomic E-state index is 0.126. The van der Waals surface area contributed by atoms with Crippen LogP contribution in [0, 0.1) is 0 Å². The highest BCUT2D eigenvalue weighted by atomic mass is 35.5. The van der Waals surface area contributed by atoms with Gasteiger partial charge in [-0.1, -0.05) is 73.1 Å². The third kappa shape index (κ3) is 6.95. The first-order valence-corrected chi connectivity index (χ1v) is 14.6. The molecule has 4 aromatic rings. The van der Waals surface area contributed by atoms with E-state index in [2.05, 4.69) is 5.32 Å². The first-order chi connectivity index (χ1) is 17.9. The summed E-state index contributed by atoms with van der Waals surface area (Å²) in [4.78, 5) is 14.2. The maximum absolute atomic E-state index is 13.6. The van der Waals surface area contributed by atoms with E-state index in [4.69, 9.17) is 11.6 Å². The minimum Gasteiger partial charge on any atom is -0.323 e. The molecule has 0 saturated carbocycles. The number of amides is 1. The molecule has 8 heteroatoms. The molecule has 5 nitrogen and oxygen atoms in total. The molecule has 0 saturated heterocycles. The molecule has 1 N–H and O–H groups in total. The van der Waals surface area contributed by atoms with Crippen molar-refractivity contribution in [3.05, 3.63) is 119 Å². The van der Waals surface area contributed by atoms with Gasteiger partial charge >= 0.3 is 0 Å². The quantitative estimate of drug-likeness (QED) is 0.215. The van der Waals surface area contributed by atoms with Gasteiger partial charge in [-0.25, -0.2) is 8.42 Å². The monoisotopic (exact) mass is 550 g/mol. The van der Waals surface area contributed by atoms with Crippen molar-refractivity contribution in [2.24, 2.45) is 0 Å². The average Bonchev–Trinajstić information content (AvgIpc) is 2.92. The van der Waals surface area contributed by atoms with Crippen molar-refractivity contribution in [3.63, 3.8) is 0 Å². The highest BCUT2D eigenvalue weighted by Crippen LogP contribution is 2.31. The van der Waals surface area contributed by atoms with E-state index in [9.17, 15) is 13.2 Å². The number of hydrogen-bond donors (Lipinski definition) is 1. The van der Waals surface area contributed by atoms with Crippen LogP contribution in [0.5, 0.6) is 0 Å². The number of anilines is 2. The number of benzene rings is 4. The first kappa shape index (κ1) is 26.8. The zero-order valence-corrected chi connectivity index (χ0v) is 22.7. The molecule has 0 aliphatic heterocycles. The van der Waals surface area contributed by atoms with E-state index in [1.807, 2.05) is 67.6 Å². The summed E-state index contributed by atoms with van der Waals surface area (Å²) in [5.74, 6) is 0.265. The maximum atomic E-state index is 13.6. The third-order valence-electron chi connectivity index (χ3n) is 5.72. The van der Waals surface area contributed by atoms with Gasteiger partial charge in [-0.15, -0.1) is 11.8 Å². The number of para-hydroxylation sites is 1. The van der Waals surface area contributed by atoms with Gasteiger partial charge in [0.2, 0.25) is 5.91 Å². The highest BCUT2D eigenvalue weighted by Gasteiger charge is 2.27. The van der Waals surface area contributed by atoms with Gasteiger partial charge in [-0.2, -0.15) is 0 Å². The molecule has 0 radical (unpaired) electrons. The van der Waals surface area contributed by atoms with E-state index >= 15 is 0 Å². The molecular formula is C29H27ClN2O3S2. The zero-order chi connectivity index (χ0) is 26.3. The summed E-state index contributed by atoms with van der Waals surface area (Å²) >= 11 is 7.56. The van der Waals surface area contributed by atoms with Crippen molar-refractivity contribution < 1.29 is 13.2 Å². The van der Waals surface area contributed by atoms with Gasteiger partial charge in [-0.05, 0) is 66.1 Å². The van der Waals surface area contributed by atoms with E-state index in [0.717, 1.165) is 26.7 Å². The van der Waals surface area contributed by atoms with Crippen molar-refractivity contribution in [1.82, 2.24) is 0 Å². The number of carbonyl (C=O) groups excluding carboxylic acids is 1. The van der Waals surface area contributed by atoms with Crippen LogP contribution in [0.4, 0.5) is 11.4 Å². The normalized spacial score (nSPS) is 11.2. The molecule has 0 unspecified atom stereocenters. The SMILES string of the molecule is CCc1ccc(N(CC(=O)Nc2ccccc2SCc2ccc(Cl)cc2)S(=O)(=O)c2ccccc2)cc1. The highest BCUT2D eigenvalue weighted by molar-refractivity contribution is 7.98. The Morgan fingerprint density at radius 3 is 2.14 bits per heavy atom. The number of hydrogen-bond acceptors (Lipinski definition) is 4. The molecular weight excluding hydrogens is 524 g/mol. The lowest BCUT2D eigenvalue weighted by molar-refractivity contribution is -0.114. The van der Waals surface area contributed by atoms with Gasteiger partial charge < -0.3 is 5.32 Å². The smallest absolute Gasteiger partial charge is 0.264 e. The standard InChI is InChI=1S/C29H27ClN2O3S2/c1-2-22-14-18-25(19-15-22)32(37(34,35)26-8-4-3-5-9-26)20-29(33)31-27-10-6-7-11-28(27)36-21-23-12-16-24(30)17-13-23/h3-19H,2,20-21H2,1H3,(H,31,33). The summed E-state index contributed by atoms with van der Waals surface area (Å²) in [6.07, 6.45) is 0.830. The maximum Gasteiger partial charge on any atom is 0.264 e. The molecule has 0 spiro atoms. The van der Waals surface area contributed by atoms with Gasteiger partial charge in [0.25, 0.3) is 10.0 Å². The van der Waals surface area contributed by atoms with Crippen LogP contribution in [0.15, 0.2) is 113 Å².